The first-order chi connectivity index (χ1) is 6.45. The molecule has 0 aromatic rings. The summed E-state index contributed by atoms with van der Waals surface area (Å²) in [5, 5.41) is 3.50. The SMILES string of the molecule is CSCCN(C)CCCNC(C)(C)C. The standard InChI is InChI=1S/C11H26N2S/c1-11(2,3)12-7-6-8-13(4)9-10-14-5/h12H,6-10H2,1-5H3. The van der Waals surface area contributed by atoms with Crippen LogP contribution in [0.4, 0.5) is 0 Å². The summed E-state index contributed by atoms with van der Waals surface area (Å²) in [5.74, 6) is 1.24. The second kappa shape index (κ2) is 7.55. The van der Waals surface area contributed by atoms with Crippen LogP contribution >= 0.6 is 11.8 Å². The van der Waals surface area contributed by atoms with E-state index in [0.717, 1.165) is 6.54 Å². The maximum atomic E-state index is 3.50. The first kappa shape index (κ1) is 14.3. The highest BCUT2D eigenvalue weighted by molar-refractivity contribution is 7.98. The number of rotatable bonds is 7. The van der Waals surface area contributed by atoms with Gasteiger partial charge in [0.15, 0.2) is 0 Å². The minimum absolute atomic E-state index is 0.262. The molecule has 0 rings (SSSR count). The molecule has 0 radical (unpaired) electrons. The molecule has 0 aromatic heterocycles. The number of thioether (sulfide) groups is 1. The van der Waals surface area contributed by atoms with E-state index in [9.17, 15) is 0 Å². The van der Waals surface area contributed by atoms with E-state index in [1.165, 1.54) is 25.3 Å². The molecule has 1 N–H and O–H groups in total. The van der Waals surface area contributed by atoms with Crippen LogP contribution in [0.1, 0.15) is 27.2 Å². The van der Waals surface area contributed by atoms with Crippen molar-refractivity contribution in [2.75, 3.05) is 38.7 Å². The van der Waals surface area contributed by atoms with Gasteiger partial charge in [0.05, 0.1) is 0 Å². The zero-order chi connectivity index (χ0) is 11.0. The van der Waals surface area contributed by atoms with Crippen LogP contribution in [0.25, 0.3) is 0 Å². The maximum Gasteiger partial charge on any atom is 0.00965 e. The van der Waals surface area contributed by atoms with Crippen molar-refractivity contribution in [3.63, 3.8) is 0 Å². The summed E-state index contributed by atoms with van der Waals surface area (Å²) >= 11 is 1.92. The average molecular weight is 218 g/mol. The molecule has 0 aliphatic heterocycles. The molecule has 0 amide bonds. The molecule has 14 heavy (non-hydrogen) atoms. The Bertz CT molecular complexity index is 132. The lowest BCUT2D eigenvalue weighted by Gasteiger charge is -2.22. The van der Waals surface area contributed by atoms with Crippen LogP contribution in [-0.2, 0) is 0 Å². The van der Waals surface area contributed by atoms with E-state index in [-0.39, 0.29) is 5.54 Å². The van der Waals surface area contributed by atoms with Crippen molar-refractivity contribution < 1.29 is 0 Å². The number of hydrogen-bond donors (Lipinski definition) is 1. The highest BCUT2D eigenvalue weighted by Crippen LogP contribution is 1.99. The van der Waals surface area contributed by atoms with Crippen molar-refractivity contribution in [2.45, 2.75) is 32.7 Å². The highest BCUT2D eigenvalue weighted by Gasteiger charge is 2.07. The van der Waals surface area contributed by atoms with Gasteiger partial charge >= 0.3 is 0 Å². The van der Waals surface area contributed by atoms with Gasteiger partial charge in [-0.3, -0.25) is 0 Å². The fraction of sp³-hybridized carbons (Fsp3) is 1.00. The van der Waals surface area contributed by atoms with E-state index in [1.54, 1.807) is 0 Å². The maximum absolute atomic E-state index is 3.50. The third-order valence-corrected chi connectivity index (χ3v) is 2.64. The average Bonchev–Trinajstić information content (AvgIpc) is 2.07. The van der Waals surface area contributed by atoms with Crippen LogP contribution in [-0.4, -0.2) is 49.1 Å². The largest absolute Gasteiger partial charge is 0.312 e. The fourth-order valence-electron chi connectivity index (χ4n) is 1.17. The van der Waals surface area contributed by atoms with Crippen LogP contribution in [0.3, 0.4) is 0 Å². The van der Waals surface area contributed by atoms with Crippen molar-refractivity contribution >= 4 is 11.8 Å². The second-order valence-electron chi connectivity index (χ2n) is 4.83. The van der Waals surface area contributed by atoms with Gasteiger partial charge in [0.1, 0.15) is 0 Å². The topological polar surface area (TPSA) is 15.3 Å². The highest BCUT2D eigenvalue weighted by atomic mass is 32.2. The Balaban J connectivity index is 3.27. The molecule has 0 heterocycles. The predicted octanol–water partition coefficient (Wildman–Crippen LogP) is 2.06. The van der Waals surface area contributed by atoms with Crippen molar-refractivity contribution in [3.8, 4) is 0 Å². The molecule has 0 spiro atoms. The summed E-state index contributed by atoms with van der Waals surface area (Å²) in [6, 6.07) is 0. The van der Waals surface area contributed by atoms with Crippen LogP contribution in [0.5, 0.6) is 0 Å². The Morgan fingerprint density at radius 3 is 2.36 bits per heavy atom. The van der Waals surface area contributed by atoms with E-state index in [0.29, 0.717) is 0 Å². The summed E-state index contributed by atoms with van der Waals surface area (Å²) in [6.45, 7) is 10.2. The van der Waals surface area contributed by atoms with E-state index in [2.05, 4.69) is 44.3 Å². The zero-order valence-electron chi connectivity index (χ0n) is 10.4. The van der Waals surface area contributed by atoms with Crippen LogP contribution in [0.15, 0.2) is 0 Å². The summed E-state index contributed by atoms with van der Waals surface area (Å²) in [5.41, 5.74) is 0.262. The van der Waals surface area contributed by atoms with Gasteiger partial charge in [-0.05, 0) is 53.6 Å². The molecular formula is C11H26N2S. The zero-order valence-corrected chi connectivity index (χ0v) is 11.2. The van der Waals surface area contributed by atoms with Gasteiger partial charge in [-0.1, -0.05) is 0 Å². The van der Waals surface area contributed by atoms with Crippen molar-refractivity contribution in [1.29, 1.82) is 0 Å². The van der Waals surface area contributed by atoms with Crippen molar-refractivity contribution in [3.05, 3.63) is 0 Å². The molecular weight excluding hydrogens is 192 g/mol. The summed E-state index contributed by atoms with van der Waals surface area (Å²) in [7, 11) is 2.20. The van der Waals surface area contributed by atoms with Gasteiger partial charge in [0.2, 0.25) is 0 Å². The first-order valence-electron chi connectivity index (χ1n) is 5.38. The Morgan fingerprint density at radius 2 is 1.86 bits per heavy atom. The molecule has 0 fully saturated rings. The van der Waals surface area contributed by atoms with Gasteiger partial charge in [0.25, 0.3) is 0 Å². The number of hydrogen-bond acceptors (Lipinski definition) is 3. The minimum atomic E-state index is 0.262. The molecule has 0 unspecified atom stereocenters. The quantitative estimate of drug-likeness (QED) is 0.659. The van der Waals surface area contributed by atoms with Gasteiger partial charge in [0, 0.05) is 17.8 Å². The van der Waals surface area contributed by atoms with Gasteiger partial charge in [-0.25, -0.2) is 0 Å². The lowest BCUT2D eigenvalue weighted by molar-refractivity contribution is 0.333. The van der Waals surface area contributed by atoms with Gasteiger partial charge < -0.3 is 10.2 Å². The van der Waals surface area contributed by atoms with Gasteiger partial charge in [-0.2, -0.15) is 11.8 Å². The number of nitrogens with zero attached hydrogens (tertiary/aromatic N) is 1. The molecule has 0 bridgehead atoms. The Labute approximate surface area is 93.8 Å². The summed E-state index contributed by atoms with van der Waals surface area (Å²) in [4.78, 5) is 2.40. The smallest absolute Gasteiger partial charge is 0.00965 e. The second-order valence-corrected chi connectivity index (χ2v) is 5.81. The van der Waals surface area contributed by atoms with Crippen LogP contribution in [0, 0.1) is 0 Å². The normalized spacial score (nSPS) is 12.4. The Kier molecular flexibility index (Phi) is 7.69. The molecule has 0 atom stereocenters. The fourth-order valence-corrected chi connectivity index (χ4v) is 1.67. The molecule has 0 aliphatic rings. The van der Waals surface area contributed by atoms with Crippen molar-refractivity contribution in [1.82, 2.24) is 10.2 Å². The predicted molar refractivity (Wildman–Crippen MR) is 68.3 cm³/mol. The van der Waals surface area contributed by atoms with E-state index < -0.39 is 0 Å². The van der Waals surface area contributed by atoms with E-state index >= 15 is 0 Å². The third-order valence-electron chi connectivity index (χ3n) is 2.05. The Morgan fingerprint density at radius 1 is 1.21 bits per heavy atom. The minimum Gasteiger partial charge on any atom is -0.312 e. The third kappa shape index (κ3) is 10.4. The molecule has 0 saturated heterocycles. The molecule has 86 valence electrons. The van der Waals surface area contributed by atoms with Gasteiger partial charge in [-0.15, -0.1) is 0 Å². The Hall–Kier alpha value is 0.270. The van der Waals surface area contributed by atoms with Crippen molar-refractivity contribution in [2.24, 2.45) is 0 Å². The first-order valence-corrected chi connectivity index (χ1v) is 6.77. The van der Waals surface area contributed by atoms with Crippen LogP contribution in [0.2, 0.25) is 0 Å². The van der Waals surface area contributed by atoms with E-state index in [4.69, 9.17) is 0 Å². The molecule has 3 heteroatoms. The summed E-state index contributed by atoms with van der Waals surface area (Å²) < 4.78 is 0. The van der Waals surface area contributed by atoms with Crippen LogP contribution < -0.4 is 5.32 Å². The lowest BCUT2D eigenvalue weighted by Crippen LogP contribution is -2.37. The number of nitrogens with one attached hydrogen (secondary N) is 1. The molecule has 0 saturated carbocycles. The molecule has 0 aromatic carbocycles. The lowest BCUT2D eigenvalue weighted by atomic mass is 10.1. The summed E-state index contributed by atoms with van der Waals surface area (Å²) in [6.07, 6.45) is 3.40. The van der Waals surface area contributed by atoms with E-state index in [1.807, 2.05) is 11.8 Å². The molecule has 0 aliphatic carbocycles. The monoisotopic (exact) mass is 218 g/mol. The molecule has 2 nitrogen and oxygen atoms in total.